The van der Waals surface area contributed by atoms with Gasteiger partial charge in [0.1, 0.15) is 11.5 Å². The predicted molar refractivity (Wildman–Crippen MR) is 95.9 cm³/mol. The van der Waals surface area contributed by atoms with E-state index in [1.54, 1.807) is 18.4 Å². The molecular formula is C19H21NO4S. The van der Waals surface area contributed by atoms with Gasteiger partial charge in [-0.2, -0.15) is 11.3 Å². The minimum atomic E-state index is -0.791. The van der Waals surface area contributed by atoms with Crippen molar-refractivity contribution in [2.24, 2.45) is 0 Å². The Hall–Kier alpha value is -2.18. The number of amides is 1. The van der Waals surface area contributed by atoms with Crippen LogP contribution in [0.4, 0.5) is 0 Å². The molecule has 1 N–H and O–H groups in total. The van der Waals surface area contributed by atoms with Gasteiger partial charge in [0.25, 0.3) is 0 Å². The van der Waals surface area contributed by atoms with E-state index in [9.17, 15) is 9.59 Å². The van der Waals surface area contributed by atoms with Crippen LogP contribution in [0.15, 0.2) is 41.1 Å². The fourth-order valence-corrected chi connectivity index (χ4v) is 3.85. The molecule has 0 radical (unpaired) electrons. The number of piperidine rings is 1. The van der Waals surface area contributed by atoms with Gasteiger partial charge in [0, 0.05) is 26.6 Å². The Morgan fingerprint density at radius 3 is 2.56 bits per heavy atom. The quantitative estimate of drug-likeness (QED) is 0.610. The first-order valence-corrected chi connectivity index (χ1v) is 9.16. The van der Waals surface area contributed by atoms with E-state index in [1.165, 1.54) is 0 Å². The number of nitrogens with one attached hydrogen (secondary N) is 1. The molecular weight excluding hydrogens is 338 g/mol. The molecule has 5 nitrogen and oxygen atoms in total. The van der Waals surface area contributed by atoms with E-state index in [0.29, 0.717) is 13.2 Å². The molecule has 0 spiro atoms. The van der Waals surface area contributed by atoms with Crippen molar-refractivity contribution in [2.75, 3.05) is 20.3 Å². The molecule has 1 saturated heterocycles. The zero-order valence-corrected chi connectivity index (χ0v) is 14.9. The number of benzene rings is 1. The van der Waals surface area contributed by atoms with Crippen LogP contribution in [0.25, 0.3) is 0 Å². The van der Waals surface area contributed by atoms with Crippen molar-refractivity contribution in [1.82, 2.24) is 5.32 Å². The lowest BCUT2D eigenvalue weighted by Gasteiger charge is -2.37. The highest BCUT2D eigenvalue weighted by Gasteiger charge is 2.42. The van der Waals surface area contributed by atoms with Gasteiger partial charge in [-0.15, -0.1) is 0 Å². The lowest BCUT2D eigenvalue weighted by atomic mass is 9.77. The molecule has 3 rings (SSSR count). The Bertz CT molecular complexity index is 708. The first kappa shape index (κ1) is 17.6. The molecule has 1 fully saturated rings. The number of hydrogen-bond acceptors (Lipinski definition) is 5. The third-order valence-electron chi connectivity index (χ3n) is 4.30. The summed E-state index contributed by atoms with van der Waals surface area (Å²) in [6.45, 7) is 1.24. The van der Waals surface area contributed by atoms with E-state index in [4.69, 9.17) is 9.47 Å². The van der Waals surface area contributed by atoms with Crippen molar-refractivity contribution in [3.05, 3.63) is 52.2 Å². The van der Waals surface area contributed by atoms with Gasteiger partial charge in [-0.3, -0.25) is 9.59 Å². The smallest absolute Gasteiger partial charge is 0.228 e. The zero-order chi connectivity index (χ0) is 17.7. The summed E-state index contributed by atoms with van der Waals surface area (Å²) in [6, 6.07) is 9.55. The zero-order valence-electron chi connectivity index (χ0n) is 14.1. The average molecular weight is 359 g/mol. The van der Waals surface area contributed by atoms with Crippen LogP contribution in [0.2, 0.25) is 0 Å². The van der Waals surface area contributed by atoms with Crippen LogP contribution in [0, 0.1) is 0 Å². The predicted octanol–water partition coefficient (Wildman–Crippen LogP) is 2.89. The molecule has 25 heavy (non-hydrogen) atoms. The van der Waals surface area contributed by atoms with E-state index in [1.807, 2.05) is 41.1 Å². The molecule has 2 aromatic rings. The number of hydrogen-bond donors (Lipinski definition) is 1. The van der Waals surface area contributed by atoms with E-state index < -0.39 is 5.54 Å². The normalized spacial score (nSPS) is 20.4. The highest BCUT2D eigenvalue weighted by molar-refractivity contribution is 7.08. The topological polar surface area (TPSA) is 64.6 Å². The summed E-state index contributed by atoms with van der Waals surface area (Å²) in [5.74, 6) is 0.478. The summed E-state index contributed by atoms with van der Waals surface area (Å²) in [4.78, 5) is 24.2. The van der Waals surface area contributed by atoms with Gasteiger partial charge in [0.15, 0.2) is 0 Å². The Labute approximate surface area is 151 Å². The largest absolute Gasteiger partial charge is 0.494 e. The third kappa shape index (κ3) is 3.91. The summed E-state index contributed by atoms with van der Waals surface area (Å²) in [5, 5.41) is 6.98. The van der Waals surface area contributed by atoms with Crippen LogP contribution >= 0.6 is 11.3 Å². The molecule has 1 aliphatic rings. The second kappa shape index (κ2) is 7.80. The number of Topliss-reactive ketones (excluding diaryl/α,β-unsaturated/α-hetero) is 1. The molecule has 0 bridgehead atoms. The summed E-state index contributed by atoms with van der Waals surface area (Å²) >= 11 is 1.55. The molecule has 0 saturated carbocycles. The number of ketones is 1. The van der Waals surface area contributed by atoms with Crippen molar-refractivity contribution >= 4 is 23.0 Å². The summed E-state index contributed by atoms with van der Waals surface area (Å²) in [5.41, 5.74) is 1.03. The monoisotopic (exact) mass is 359 g/mol. The third-order valence-corrected chi connectivity index (χ3v) is 4.98. The molecule has 1 aliphatic heterocycles. The van der Waals surface area contributed by atoms with Gasteiger partial charge < -0.3 is 14.8 Å². The Kier molecular flexibility index (Phi) is 5.50. The van der Waals surface area contributed by atoms with E-state index in [-0.39, 0.29) is 24.5 Å². The van der Waals surface area contributed by atoms with Crippen LogP contribution in [0.3, 0.4) is 0 Å². The number of rotatable bonds is 7. The number of carbonyl (C=O) groups excluding carboxylic acids is 2. The average Bonchev–Trinajstić information content (AvgIpc) is 3.13. The SMILES string of the molecule is COCCCOc1ccc([C@@]2(c3ccsc3)CC(=O)CC(=O)N2)cc1. The highest BCUT2D eigenvalue weighted by Crippen LogP contribution is 2.37. The van der Waals surface area contributed by atoms with Crippen LogP contribution in [-0.4, -0.2) is 32.0 Å². The van der Waals surface area contributed by atoms with Crippen LogP contribution in [0.1, 0.15) is 30.4 Å². The number of thiophene rings is 1. The first-order valence-electron chi connectivity index (χ1n) is 8.22. The van der Waals surface area contributed by atoms with E-state index in [0.717, 1.165) is 23.3 Å². The van der Waals surface area contributed by atoms with Crippen LogP contribution in [-0.2, 0) is 19.9 Å². The number of methoxy groups -OCH3 is 1. The fraction of sp³-hybridized carbons (Fsp3) is 0.368. The van der Waals surface area contributed by atoms with Crippen LogP contribution in [0.5, 0.6) is 5.75 Å². The van der Waals surface area contributed by atoms with E-state index in [2.05, 4.69) is 5.32 Å². The van der Waals surface area contributed by atoms with Crippen LogP contribution < -0.4 is 10.1 Å². The first-order chi connectivity index (χ1) is 12.1. The van der Waals surface area contributed by atoms with E-state index >= 15 is 0 Å². The molecule has 2 heterocycles. The van der Waals surface area contributed by atoms with Crippen molar-refractivity contribution < 1.29 is 19.1 Å². The van der Waals surface area contributed by atoms with Gasteiger partial charge in [-0.1, -0.05) is 12.1 Å². The summed E-state index contributed by atoms with van der Waals surface area (Å²) in [6.07, 6.45) is 1.04. The second-order valence-electron chi connectivity index (χ2n) is 6.08. The Balaban J connectivity index is 1.85. The minimum absolute atomic E-state index is 0.0464. The van der Waals surface area contributed by atoms with Gasteiger partial charge in [-0.05, 0) is 40.1 Å². The van der Waals surface area contributed by atoms with Gasteiger partial charge in [0.05, 0.1) is 18.6 Å². The number of carbonyl (C=O) groups is 2. The second-order valence-corrected chi connectivity index (χ2v) is 6.86. The molecule has 1 atom stereocenters. The Morgan fingerprint density at radius 2 is 1.92 bits per heavy atom. The maximum absolute atomic E-state index is 12.1. The van der Waals surface area contributed by atoms with Crippen molar-refractivity contribution in [3.8, 4) is 5.75 Å². The highest BCUT2D eigenvalue weighted by atomic mass is 32.1. The molecule has 0 aliphatic carbocycles. The maximum Gasteiger partial charge on any atom is 0.228 e. The fourth-order valence-electron chi connectivity index (χ4n) is 3.12. The molecule has 1 aromatic carbocycles. The van der Waals surface area contributed by atoms with Gasteiger partial charge in [-0.25, -0.2) is 0 Å². The summed E-state index contributed by atoms with van der Waals surface area (Å²) < 4.78 is 10.7. The molecule has 6 heteroatoms. The summed E-state index contributed by atoms with van der Waals surface area (Å²) in [7, 11) is 1.67. The van der Waals surface area contributed by atoms with Gasteiger partial charge in [0.2, 0.25) is 5.91 Å². The lowest BCUT2D eigenvalue weighted by molar-refractivity contribution is -0.133. The standard InChI is InChI=1S/C19H21NO4S/c1-23-8-2-9-24-17-5-3-14(4-6-17)19(15-7-10-25-13-15)12-16(21)11-18(22)20-19/h3-7,10,13H,2,8-9,11-12H2,1H3,(H,20,22)/t19-/m1/s1. The number of ether oxygens (including phenoxy) is 2. The molecule has 1 aromatic heterocycles. The molecule has 0 unspecified atom stereocenters. The van der Waals surface area contributed by atoms with Crippen molar-refractivity contribution in [1.29, 1.82) is 0 Å². The van der Waals surface area contributed by atoms with Crippen molar-refractivity contribution in [3.63, 3.8) is 0 Å². The lowest BCUT2D eigenvalue weighted by Crippen LogP contribution is -2.52. The Morgan fingerprint density at radius 1 is 1.12 bits per heavy atom. The molecule has 1 amide bonds. The van der Waals surface area contributed by atoms with Gasteiger partial charge >= 0.3 is 0 Å². The van der Waals surface area contributed by atoms with Crippen molar-refractivity contribution in [2.45, 2.75) is 24.8 Å². The molecule has 132 valence electrons. The maximum atomic E-state index is 12.1. The minimum Gasteiger partial charge on any atom is -0.494 e.